The van der Waals surface area contributed by atoms with Crippen LogP contribution >= 0.6 is 0 Å². The van der Waals surface area contributed by atoms with Crippen LogP contribution in [0.5, 0.6) is 11.5 Å². The highest BCUT2D eigenvalue weighted by atomic mass is 16.5. The average Bonchev–Trinajstić information content (AvgIpc) is 2.83. The van der Waals surface area contributed by atoms with Crippen molar-refractivity contribution < 1.29 is 23.9 Å². The minimum atomic E-state index is -0.767. The molecule has 0 unspecified atom stereocenters. The lowest BCUT2D eigenvalue weighted by molar-refractivity contribution is -0.122. The van der Waals surface area contributed by atoms with Crippen molar-refractivity contribution in [3.63, 3.8) is 0 Å². The second kappa shape index (κ2) is 12.2. The van der Waals surface area contributed by atoms with E-state index in [1.54, 1.807) is 37.4 Å². The van der Waals surface area contributed by atoms with Gasteiger partial charge >= 0.3 is 6.03 Å². The number of unbranched alkanes of at least 4 members (excludes halogenated alkanes) is 5. The van der Waals surface area contributed by atoms with Crippen molar-refractivity contribution in [3.05, 3.63) is 58.7 Å². The Morgan fingerprint density at radius 2 is 1.63 bits per heavy atom. The lowest BCUT2D eigenvalue weighted by atomic mass is 10.0. The maximum Gasteiger partial charge on any atom is 0.335 e. The molecule has 1 saturated heterocycles. The van der Waals surface area contributed by atoms with Crippen LogP contribution in [-0.2, 0) is 9.59 Å². The first kappa shape index (κ1) is 26.0. The highest BCUT2D eigenvalue weighted by Gasteiger charge is 2.36. The summed E-state index contributed by atoms with van der Waals surface area (Å²) >= 11 is 0. The average molecular weight is 479 g/mol. The maximum atomic E-state index is 13.2. The molecular weight excluding hydrogens is 444 g/mol. The first-order valence-electron chi connectivity index (χ1n) is 12.1. The van der Waals surface area contributed by atoms with Crippen molar-refractivity contribution in [1.29, 1.82) is 0 Å². The predicted molar refractivity (Wildman–Crippen MR) is 137 cm³/mol. The molecule has 1 aliphatic heterocycles. The highest BCUT2D eigenvalue weighted by Crippen LogP contribution is 2.30. The number of carbonyl (C=O) groups is 3. The molecule has 35 heavy (non-hydrogen) atoms. The van der Waals surface area contributed by atoms with Crippen LogP contribution in [0.4, 0.5) is 10.5 Å². The first-order valence-corrected chi connectivity index (χ1v) is 12.1. The summed E-state index contributed by atoms with van der Waals surface area (Å²) in [6, 6.07) is 9.73. The second-order valence-electron chi connectivity index (χ2n) is 8.75. The van der Waals surface area contributed by atoms with E-state index in [-0.39, 0.29) is 5.57 Å². The molecule has 0 atom stereocenters. The Morgan fingerprint density at radius 1 is 0.886 bits per heavy atom. The van der Waals surface area contributed by atoms with E-state index in [4.69, 9.17) is 9.47 Å². The van der Waals surface area contributed by atoms with Crippen LogP contribution < -0.4 is 19.7 Å². The summed E-state index contributed by atoms with van der Waals surface area (Å²) < 4.78 is 11.4. The van der Waals surface area contributed by atoms with Gasteiger partial charge in [0, 0.05) is 0 Å². The van der Waals surface area contributed by atoms with E-state index < -0.39 is 17.8 Å². The normalized spacial score (nSPS) is 14.9. The van der Waals surface area contributed by atoms with E-state index in [2.05, 4.69) is 12.2 Å². The molecule has 1 heterocycles. The van der Waals surface area contributed by atoms with Crippen LogP contribution in [0.15, 0.2) is 42.0 Å². The molecule has 2 aromatic carbocycles. The molecule has 7 nitrogen and oxygen atoms in total. The van der Waals surface area contributed by atoms with Gasteiger partial charge in [-0.2, -0.15) is 0 Å². The van der Waals surface area contributed by atoms with Gasteiger partial charge in [-0.05, 0) is 67.3 Å². The summed E-state index contributed by atoms with van der Waals surface area (Å²) in [7, 11) is 1.54. The van der Waals surface area contributed by atoms with Gasteiger partial charge in [0.25, 0.3) is 11.8 Å². The Kier molecular flexibility index (Phi) is 9.06. The molecule has 0 bridgehead atoms. The lowest BCUT2D eigenvalue weighted by Crippen LogP contribution is -2.54. The van der Waals surface area contributed by atoms with Crippen LogP contribution in [0.25, 0.3) is 6.08 Å². The molecule has 186 valence electrons. The number of nitrogens with zero attached hydrogens (tertiary/aromatic N) is 1. The Balaban J connectivity index is 1.75. The fraction of sp³-hybridized carbons (Fsp3) is 0.393. The fourth-order valence-corrected chi connectivity index (χ4v) is 3.88. The van der Waals surface area contributed by atoms with E-state index in [0.29, 0.717) is 29.4 Å². The van der Waals surface area contributed by atoms with Crippen LogP contribution in [-0.4, -0.2) is 31.6 Å². The summed E-state index contributed by atoms with van der Waals surface area (Å²) in [6.45, 7) is 6.64. The van der Waals surface area contributed by atoms with Gasteiger partial charge in [0.2, 0.25) is 0 Å². The number of aryl methyl sites for hydroxylation is 2. The highest BCUT2D eigenvalue weighted by molar-refractivity contribution is 6.39. The van der Waals surface area contributed by atoms with Gasteiger partial charge in [-0.1, -0.05) is 51.2 Å². The summed E-state index contributed by atoms with van der Waals surface area (Å²) in [5.74, 6) is -0.294. The monoisotopic (exact) mass is 478 g/mol. The first-order chi connectivity index (χ1) is 16.8. The molecule has 0 aliphatic carbocycles. The largest absolute Gasteiger partial charge is 0.493 e. The molecule has 1 fully saturated rings. The number of methoxy groups -OCH3 is 1. The smallest absolute Gasteiger partial charge is 0.335 e. The fourth-order valence-electron chi connectivity index (χ4n) is 3.88. The zero-order valence-corrected chi connectivity index (χ0v) is 21.0. The molecule has 3 rings (SSSR count). The van der Waals surface area contributed by atoms with Crippen molar-refractivity contribution in [3.8, 4) is 11.5 Å². The number of barbiturate groups is 1. The predicted octanol–water partition coefficient (Wildman–Crippen LogP) is 5.72. The summed E-state index contributed by atoms with van der Waals surface area (Å²) in [5, 5.41) is 2.26. The second-order valence-corrected chi connectivity index (χ2v) is 8.75. The molecule has 1 N–H and O–H groups in total. The number of nitrogens with one attached hydrogen (secondary N) is 1. The number of imide groups is 2. The zero-order valence-electron chi connectivity index (χ0n) is 21.0. The molecule has 1 aliphatic rings. The van der Waals surface area contributed by atoms with E-state index in [9.17, 15) is 14.4 Å². The number of anilines is 1. The standard InChI is InChI=1S/C28H34N2O5/c1-5-6-7-8-9-10-15-35-24-14-12-21(18-25(24)34-4)17-23-26(31)29-28(33)30(27(23)32)22-13-11-19(2)20(3)16-22/h11-14,16-18H,5-10,15H2,1-4H3,(H,29,31,33)/b23-17-. The van der Waals surface area contributed by atoms with Gasteiger partial charge in [0.1, 0.15) is 5.57 Å². The molecule has 7 heteroatoms. The van der Waals surface area contributed by atoms with E-state index in [1.165, 1.54) is 31.8 Å². The van der Waals surface area contributed by atoms with E-state index >= 15 is 0 Å². The molecule has 0 saturated carbocycles. The third-order valence-corrected chi connectivity index (χ3v) is 6.10. The minimum absolute atomic E-state index is 0.134. The number of benzene rings is 2. The Labute approximate surface area is 207 Å². The van der Waals surface area contributed by atoms with Gasteiger partial charge in [0.15, 0.2) is 11.5 Å². The summed E-state index contributed by atoms with van der Waals surface area (Å²) in [6.07, 6.45) is 8.50. The quantitative estimate of drug-likeness (QED) is 0.254. The number of hydrogen-bond acceptors (Lipinski definition) is 5. The summed E-state index contributed by atoms with van der Waals surface area (Å²) in [5.41, 5.74) is 2.83. The number of hydrogen-bond donors (Lipinski definition) is 1. The van der Waals surface area contributed by atoms with Crippen molar-refractivity contribution in [1.82, 2.24) is 5.32 Å². The third-order valence-electron chi connectivity index (χ3n) is 6.10. The van der Waals surface area contributed by atoms with Crippen LogP contribution in [0.3, 0.4) is 0 Å². The minimum Gasteiger partial charge on any atom is -0.493 e. The number of ether oxygens (including phenoxy) is 2. The third kappa shape index (κ3) is 6.50. The topological polar surface area (TPSA) is 84.9 Å². The molecule has 2 aromatic rings. The van der Waals surface area contributed by atoms with Gasteiger partial charge in [-0.25, -0.2) is 9.69 Å². The lowest BCUT2D eigenvalue weighted by Gasteiger charge is -2.26. The molecule has 0 aromatic heterocycles. The SMILES string of the molecule is CCCCCCCCOc1ccc(/C=C2/C(=O)NC(=O)N(c3ccc(C)c(C)c3)C2=O)cc1OC. The molecule has 0 spiro atoms. The van der Waals surface area contributed by atoms with Gasteiger partial charge in [0.05, 0.1) is 19.4 Å². The van der Waals surface area contributed by atoms with Gasteiger partial charge < -0.3 is 9.47 Å². The van der Waals surface area contributed by atoms with Crippen molar-refractivity contribution in [2.24, 2.45) is 0 Å². The number of urea groups is 1. The van der Waals surface area contributed by atoms with Crippen molar-refractivity contribution in [2.45, 2.75) is 59.3 Å². The van der Waals surface area contributed by atoms with E-state index in [0.717, 1.165) is 28.9 Å². The molecular formula is C28H34N2O5. The van der Waals surface area contributed by atoms with Crippen molar-refractivity contribution >= 4 is 29.6 Å². The van der Waals surface area contributed by atoms with Crippen LogP contribution in [0.2, 0.25) is 0 Å². The number of rotatable bonds is 11. The Hall–Kier alpha value is -3.61. The van der Waals surface area contributed by atoms with Crippen molar-refractivity contribution in [2.75, 3.05) is 18.6 Å². The number of amides is 4. The maximum absolute atomic E-state index is 13.2. The number of carbonyl (C=O) groups excluding carboxylic acids is 3. The van der Waals surface area contributed by atoms with Gasteiger partial charge in [-0.3, -0.25) is 14.9 Å². The molecule has 4 amide bonds. The zero-order chi connectivity index (χ0) is 25.4. The van der Waals surface area contributed by atoms with E-state index in [1.807, 2.05) is 19.9 Å². The Morgan fingerprint density at radius 3 is 2.34 bits per heavy atom. The summed E-state index contributed by atoms with van der Waals surface area (Å²) in [4.78, 5) is 39.1. The molecule has 0 radical (unpaired) electrons. The van der Waals surface area contributed by atoms with Gasteiger partial charge in [-0.15, -0.1) is 0 Å². The Bertz CT molecular complexity index is 1120. The van der Waals surface area contributed by atoms with Crippen LogP contribution in [0, 0.1) is 13.8 Å². The van der Waals surface area contributed by atoms with Crippen LogP contribution in [0.1, 0.15) is 62.1 Å².